The summed E-state index contributed by atoms with van der Waals surface area (Å²) in [5.41, 5.74) is 1.95. The highest BCUT2D eigenvalue weighted by molar-refractivity contribution is 6.30. The molecule has 1 atom stereocenters. The Labute approximate surface area is 124 Å². The maximum absolute atomic E-state index is 13.5. The first kappa shape index (κ1) is 15.0. The van der Waals surface area contributed by atoms with Crippen molar-refractivity contribution >= 4 is 11.6 Å². The average molecular weight is 292 g/mol. The number of hydrogen-bond donors (Lipinski definition) is 1. The van der Waals surface area contributed by atoms with E-state index < -0.39 is 0 Å². The first-order valence-corrected chi connectivity index (χ1v) is 7.24. The molecule has 2 rings (SSSR count). The minimum Gasteiger partial charge on any atom is -0.313 e. The maximum Gasteiger partial charge on any atom is 0.127 e. The van der Waals surface area contributed by atoms with Crippen LogP contribution in [0, 0.1) is 5.82 Å². The van der Waals surface area contributed by atoms with E-state index in [1.807, 2.05) is 6.07 Å². The van der Waals surface area contributed by atoms with E-state index >= 15 is 0 Å². The Hall–Kier alpha value is -1.38. The van der Waals surface area contributed by atoms with Crippen LogP contribution in [0.25, 0.3) is 0 Å². The Morgan fingerprint density at radius 3 is 2.65 bits per heavy atom. The Bertz CT molecular complexity index is 542. The van der Waals surface area contributed by atoms with Crippen molar-refractivity contribution in [2.75, 3.05) is 6.54 Å². The standard InChI is InChI=1S/C17H19ClFN/c1-13(14-5-3-2-4-6-14)9-10-20-12-15-11-16(18)7-8-17(15)19/h2-8,11,13,20H,9-10,12H2,1H3. The monoisotopic (exact) mass is 291 g/mol. The van der Waals surface area contributed by atoms with E-state index in [1.54, 1.807) is 12.1 Å². The van der Waals surface area contributed by atoms with Crippen LogP contribution in [0.5, 0.6) is 0 Å². The summed E-state index contributed by atoms with van der Waals surface area (Å²) < 4.78 is 13.5. The number of hydrogen-bond acceptors (Lipinski definition) is 1. The van der Waals surface area contributed by atoms with Gasteiger partial charge in [0.15, 0.2) is 0 Å². The van der Waals surface area contributed by atoms with Gasteiger partial charge in [0, 0.05) is 17.1 Å². The quantitative estimate of drug-likeness (QED) is 0.757. The van der Waals surface area contributed by atoms with Crippen molar-refractivity contribution in [2.45, 2.75) is 25.8 Å². The zero-order chi connectivity index (χ0) is 14.4. The lowest BCUT2D eigenvalue weighted by Gasteiger charge is -2.12. The fraction of sp³-hybridized carbons (Fsp3) is 0.294. The van der Waals surface area contributed by atoms with Crippen LogP contribution in [0.2, 0.25) is 5.02 Å². The summed E-state index contributed by atoms with van der Waals surface area (Å²) in [5, 5.41) is 3.84. The van der Waals surface area contributed by atoms with Gasteiger partial charge in [0.25, 0.3) is 0 Å². The minimum atomic E-state index is -0.210. The fourth-order valence-corrected chi connectivity index (χ4v) is 2.36. The Kier molecular flexibility index (Phi) is 5.57. The average Bonchev–Trinajstić information content (AvgIpc) is 2.47. The molecule has 0 amide bonds. The molecule has 0 bridgehead atoms. The largest absolute Gasteiger partial charge is 0.313 e. The van der Waals surface area contributed by atoms with Crippen molar-refractivity contribution in [1.29, 1.82) is 0 Å². The molecule has 2 aromatic carbocycles. The topological polar surface area (TPSA) is 12.0 Å². The second-order valence-electron chi connectivity index (χ2n) is 5.01. The fourth-order valence-electron chi connectivity index (χ4n) is 2.17. The molecule has 0 heterocycles. The molecule has 0 saturated heterocycles. The Balaban J connectivity index is 1.78. The molecule has 20 heavy (non-hydrogen) atoms. The second kappa shape index (κ2) is 7.41. The van der Waals surface area contributed by atoms with Gasteiger partial charge in [-0.2, -0.15) is 0 Å². The van der Waals surface area contributed by atoms with Gasteiger partial charge in [0.1, 0.15) is 5.82 Å². The molecule has 0 aliphatic rings. The van der Waals surface area contributed by atoms with Crippen molar-refractivity contribution in [3.05, 3.63) is 70.5 Å². The number of rotatable bonds is 6. The van der Waals surface area contributed by atoms with Gasteiger partial charge in [-0.3, -0.25) is 0 Å². The molecule has 1 N–H and O–H groups in total. The maximum atomic E-state index is 13.5. The highest BCUT2D eigenvalue weighted by atomic mass is 35.5. The molecule has 0 spiro atoms. The molecule has 0 aliphatic carbocycles. The van der Waals surface area contributed by atoms with Crippen molar-refractivity contribution in [3.8, 4) is 0 Å². The van der Waals surface area contributed by atoms with E-state index in [2.05, 4.69) is 36.5 Å². The lowest BCUT2D eigenvalue weighted by atomic mass is 9.98. The highest BCUT2D eigenvalue weighted by Gasteiger charge is 2.05. The molecule has 0 radical (unpaired) electrons. The zero-order valence-electron chi connectivity index (χ0n) is 11.6. The summed E-state index contributed by atoms with van der Waals surface area (Å²) in [6.07, 6.45) is 1.02. The van der Waals surface area contributed by atoms with E-state index in [0.717, 1.165) is 13.0 Å². The third-order valence-corrected chi connectivity index (χ3v) is 3.68. The Morgan fingerprint density at radius 2 is 1.90 bits per heavy atom. The van der Waals surface area contributed by atoms with Crippen LogP contribution < -0.4 is 5.32 Å². The van der Waals surface area contributed by atoms with Crippen molar-refractivity contribution in [2.24, 2.45) is 0 Å². The van der Waals surface area contributed by atoms with Crippen molar-refractivity contribution in [1.82, 2.24) is 5.32 Å². The van der Waals surface area contributed by atoms with Gasteiger partial charge >= 0.3 is 0 Å². The van der Waals surface area contributed by atoms with Crippen LogP contribution in [0.4, 0.5) is 4.39 Å². The molecule has 0 aromatic heterocycles. The summed E-state index contributed by atoms with van der Waals surface area (Å²) in [7, 11) is 0. The first-order valence-electron chi connectivity index (χ1n) is 6.86. The molecular formula is C17H19ClFN. The molecule has 2 aromatic rings. The van der Waals surface area contributed by atoms with Gasteiger partial charge in [-0.05, 0) is 42.6 Å². The van der Waals surface area contributed by atoms with Crippen LogP contribution in [-0.4, -0.2) is 6.54 Å². The van der Waals surface area contributed by atoms with E-state index in [9.17, 15) is 4.39 Å². The summed E-state index contributed by atoms with van der Waals surface area (Å²) >= 11 is 5.87. The normalized spacial score (nSPS) is 12.3. The van der Waals surface area contributed by atoms with Crippen LogP contribution >= 0.6 is 11.6 Å². The summed E-state index contributed by atoms with van der Waals surface area (Å²) in [4.78, 5) is 0. The van der Waals surface area contributed by atoms with Crippen molar-refractivity contribution in [3.63, 3.8) is 0 Å². The van der Waals surface area contributed by atoms with Gasteiger partial charge in [-0.25, -0.2) is 4.39 Å². The molecule has 1 nitrogen and oxygen atoms in total. The lowest BCUT2D eigenvalue weighted by molar-refractivity contribution is 0.564. The van der Waals surface area contributed by atoms with Crippen LogP contribution in [0.3, 0.4) is 0 Å². The highest BCUT2D eigenvalue weighted by Crippen LogP contribution is 2.18. The smallest absolute Gasteiger partial charge is 0.127 e. The van der Waals surface area contributed by atoms with Gasteiger partial charge in [0.2, 0.25) is 0 Å². The van der Waals surface area contributed by atoms with Crippen LogP contribution in [-0.2, 0) is 6.54 Å². The minimum absolute atomic E-state index is 0.210. The molecular weight excluding hydrogens is 273 g/mol. The van der Waals surface area contributed by atoms with E-state index in [0.29, 0.717) is 23.0 Å². The predicted octanol–water partition coefficient (Wildman–Crippen LogP) is 4.76. The van der Waals surface area contributed by atoms with E-state index in [4.69, 9.17) is 11.6 Å². The third kappa shape index (κ3) is 4.32. The SMILES string of the molecule is CC(CCNCc1cc(Cl)ccc1F)c1ccccc1. The number of benzene rings is 2. The lowest BCUT2D eigenvalue weighted by Crippen LogP contribution is -2.17. The van der Waals surface area contributed by atoms with E-state index in [-0.39, 0.29) is 5.82 Å². The second-order valence-corrected chi connectivity index (χ2v) is 5.45. The van der Waals surface area contributed by atoms with Gasteiger partial charge < -0.3 is 5.32 Å². The van der Waals surface area contributed by atoms with Crippen molar-refractivity contribution < 1.29 is 4.39 Å². The summed E-state index contributed by atoms with van der Waals surface area (Å²) in [5.74, 6) is 0.283. The van der Waals surface area contributed by atoms with Gasteiger partial charge in [0.05, 0.1) is 0 Å². The number of nitrogens with one attached hydrogen (secondary N) is 1. The Morgan fingerprint density at radius 1 is 1.15 bits per heavy atom. The molecule has 0 fully saturated rings. The first-order chi connectivity index (χ1) is 9.66. The third-order valence-electron chi connectivity index (χ3n) is 3.45. The molecule has 3 heteroatoms. The number of halogens is 2. The zero-order valence-corrected chi connectivity index (χ0v) is 12.3. The van der Waals surface area contributed by atoms with Crippen LogP contribution in [0.1, 0.15) is 30.4 Å². The van der Waals surface area contributed by atoms with Gasteiger partial charge in [-0.15, -0.1) is 0 Å². The molecule has 0 saturated carbocycles. The molecule has 1 unspecified atom stereocenters. The van der Waals surface area contributed by atoms with Crippen LogP contribution in [0.15, 0.2) is 48.5 Å². The molecule has 106 valence electrons. The van der Waals surface area contributed by atoms with Gasteiger partial charge in [-0.1, -0.05) is 48.9 Å². The van der Waals surface area contributed by atoms with E-state index in [1.165, 1.54) is 11.6 Å². The summed E-state index contributed by atoms with van der Waals surface area (Å²) in [6.45, 7) is 3.56. The summed E-state index contributed by atoms with van der Waals surface area (Å²) in [6, 6.07) is 15.1. The predicted molar refractivity (Wildman–Crippen MR) is 82.6 cm³/mol. The molecule has 0 aliphatic heterocycles.